The average molecular weight is 219 g/mol. The second kappa shape index (κ2) is 4.58. The first kappa shape index (κ1) is 11.0. The third kappa shape index (κ3) is 2.04. The van der Waals surface area contributed by atoms with Crippen LogP contribution in [-0.4, -0.2) is 12.3 Å². The predicted molar refractivity (Wildman–Crippen MR) is 62.6 cm³/mol. The maximum Gasteiger partial charge on any atom is 0.253 e. The standard InChI is InChI=1S/C13H17NO2/c1-13(15-9-10-16-13)12(7-8-14)11-5-3-2-4-6-11/h2-6,9-10,12H,7-8,14H2,1H3. The fourth-order valence-electron chi connectivity index (χ4n) is 2.10. The lowest BCUT2D eigenvalue weighted by molar-refractivity contribution is -0.145. The monoisotopic (exact) mass is 219 g/mol. The first-order chi connectivity index (χ1) is 7.76. The van der Waals surface area contributed by atoms with Crippen LogP contribution in [0.4, 0.5) is 0 Å². The van der Waals surface area contributed by atoms with E-state index in [0.29, 0.717) is 6.54 Å². The minimum absolute atomic E-state index is 0.147. The highest BCUT2D eigenvalue weighted by atomic mass is 16.7. The second-order valence-corrected chi connectivity index (χ2v) is 4.06. The zero-order chi connectivity index (χ0) is 11.4. The van der Waals surface area contributed by atoms with Crippen LogP contribution >= 0.6 is 0 Å². The molecule has 0 saturated heterocycles. The molecule has 1 aromatic rings. The van der Waals surface area contributed by atoms with Crippen molar-refractivity contribution < 1.29 is 9.47 Å². The summed E-state index contributed by atoms with van der Waals surface area (Å²) >= 11 is 0. The van der Waals surface area contributed by atoms with E-state index in [2.05, 4.69) is 12.1 Å². The highest BCUT2D eigenvalue weighted by molar-refractivity contribution is 5.22. The van der Waals surface area contributed by atoms with Crippen LogP contribution in [0, 0.1) is 0 Å². The Kier molecular flexibility index (Phi) is 3.15. The summed E-state index contributed by atoms with van der Waals surface area (Å²) in [4.78, 5) is 0. The number of ether oxygens (including phenoxy) is 2. The molecule has 1 atom stereocenters. The summed E-state index contributed by atoms with van der Waals surface area (Å²) in [7, 11) is 0. The minimum atomic E-state index is -0.624. The lowest BCUT2D eigenvalue weighted by atomic mass is 9.88. The van der Waals surface area contributed by atoms with Crippen LogP contribution < -0.4 is 5.73 Å². The fraction of sp³-hybridized carbons (Fsp3) is 0.385. The van der Waals surface area contributed by atoms with E-state index in [9.17, 15) is 0 Å². The van der Waals surface area contributed by atoms with Gasteiger partial charge in [-0.1, -0.05) is 30.3 Å². The van der Waals surface area contributed by atoms with Crippen LogP contribution in [0.25, 0.3) is 0 Å². The maximum absolute atomic E-state index is 5.66. The van der Waals surface area contributed by atoms with Crippen molar-refractivity contribution in [3.63, 3.8) is 0 Å². The number of benzene rings is 1. The molecule has 1 aliphatic heterocycles. The molecule has 1 aromatic carbocycles. The van der Waals surface area contributed by atoms with Crippen molar-refractivity contribution in [1.29, 1.82) is 0 Å². The van der Waals surface area contributed by atoms with Crippen molar-refractivity contribution >= 4 is 0 Å². The molecule has 2 N–H and O–H groups in total. The first-order valence-electron chi connectivity index (χ1n) is 5.52. The van der Waals surface area contributed by atoms with Gasteiger partial charge in [-0.2, -0.15) is 0 Å². The number of hydrogen-bond donors (Lipinski definition) is 1. The molecule has 1 unspecified atom stereocenters. The molecule has 86 valence electrons. The first-order valence-corrected chi connectivity index (χ1v) is 5.52. The van der Waals surface area contributed by atoms with Crippen molar-refractivity contribution in [3.8, 4) is 0 Å². The van der Waals surface area contributed by atoms with Gasteiger partial charge >= 0.3 is 0 Å². The zero-order valence-electron chi connectivity index (χ0n) is 9.43. The Hall–Kier alpha value is -1.48. The van der Waals surface area contributed by atoms with Crippen LogP contribution in [0.15, 0.2) is 42.9 Å². The van der Waals surface area contributed by atoms with Gasteiger partial charge in [0.05, 0.1) is 5.92 Å². The highest BCUT2D eigenvalue weighted by Gasteiger charge is 2.39. The molecule has 0 saturated carbocycles. The van der Waals surface area contributed by atoms with Crippen LogP contribution in [0.3, 0.4) is 0 Å². The number of rotatable bonds is 4. The van der Waals surface area contributed by atoms with Crippen molar-refractivity contribution in [2.75, 3.05) is 6.54 Å². The summed E-state index contributed by atoms with van der Waals surface area (Å²) in [6.45, 7) is 2.56. The SMILES string of the molecule is CC1(C(CCN)c2ccccc2)OC=CO1. The van der Waals surface area contributed by atoms with Gasteiger partial charge in [0.1, 0.15) is 12.5 Å². The van der Waals surface area contributed by atoms with E-state index in [1.807, 2.05) is 25.1 Å². The molecule has 0 aliphatic carbocycles. The molecule has 3 nitrogen and oxygen atoms in total. The van der Waals surface area contributed by atoms with E-state index in [1.54, 1.807) is 12.5 Å². The molecule has 1 aliphatic rings. The van der Waals surface area contributed by atoms with Gasteiger partial charge in [-0.3, -0.25) is 0 Å². The molecule has 0 bridgehead atoms. The molecule has 2 rings (SSSR count). The Bertz CT molecular complexity index is 353. The Morgan fingerprint density at radius 1 is 1.19 bits per heavy atom. The van der Waals surface area contributed by atoms with Gasteiger partial charge in [0, 0.05) is 6.92 Å². The summed E-state index contributed by atoms with van der Waals surface area (Å²) in [5.74, 6) is -0.477. The molecular formula is C13H17NO2. The summed E-state index contributed by atoms with van der Waals surface area (Å²) < 4.78 is 11.1. The summed E-state index contributed by atoms with van der Waals surface area (Å²) in [6, 6.07) is 10.2. The third-order valence-electron chi connectivity index (χ3n) is 2.95. The van der Waals surface area contributed by atoms with E-state index in [-0.39, 0.29) is 5.92 Å². The van der Waals surface area contributed by atoms with E-state index in [4.69, 9.17) is 15.2 Å². The Labute approximate surface area is 95.9 Å². The summed E-state index contributed by atoms with van der Waals surface area (Å²) in [5, 5.41) is 0. The van der Waals surface area contributed by atoms with Crippen LogP contribution in [-0.2, 0) is 9.47 Å². The predicted octanol–water partition coefficient (Wildman–Crippen LogP) is 2.35. The van der Waals surface area contributed by atoms with E-state index >= 15 is 0 Å². The van der Waals surface area contributed by atoms with Gasteiger partial charge < -0.3 is 15.2 Å². The van der Waals surface area contributed by atoms with Crippen molar-refractivity contribution in [2.45, 2.75) is 25.0 Å². The van der Waals surface area contributed by atoms with Crippen LogP contribution in [0.5, 0.6) is 0 Å². The van der Waals surface area contributed by atoms with Crippen molar-refractivity contribution in [2.24, 2.45) is 5.73 Å². The summed E-state index contributed by atoms with van der Waals surface area (Å²) in [5.41, 5.74) is 6.86. The van der Waals surface area contributed by atoms with Crippen LogP contribution in [0.1, 0.15) is 24.8 Å². The fourth-order valence-corrected chi connectivity index (χ4v) is 2.10. The van der Waals surface area contributed by atoms with Gasteiger partial charge in [-0.05, 0) is 18.5 Å². The number of nitrogens with two attached hydrogens (primary N) is 1. The zero-order valence-corrected chi connectivity index (χ0v) is 9.43. The van der Waals surface area contributed by atoms with Crippen LogP contribution in [0.2, 0.25) is 0 Å². The third-order valence-corrected chi connectivity index (χ3v) is 2.95. The Morgan fingerprint density at radius 2 is 1.81 bits per heavy atom. The highest BCUT2D eigenvalue weighted by Crippen LogP contribution is 2.37. The quantitative estimate of drug-likeness (QED) is 0.845. The van der Waals surface area contributed by atoms with E-state index < -0.39 is 5.79 Å². The summed E-state index contributed by atoms with van der Waals surface area (Å²) in [6.07, 6.45) is 4.01. The molecular weight excluding hydrogens is 202 g/mol. The molecule has 16 heavy (non-hydrogen) atoms. The van der Waals surface area contributed by atoms with Gasteiger partial charge in [0.15, 0.2) is 0 Å². The van der Waals surface area contributed by atoms with Crippen molar-refractivity contribution in [3.05, 3.63) is 48.4 Å². The Balaban J connectivity index is 2.24. The molecule has 0 radical (unpaired) electrons. The lowest BCUT2D eigenvalue weighted by Gasteiger charge is -2.32. The lowest BCUT2D eigenvalue weighted by Crippen LogP contribution is -2.35. The second-order valence-electron chi connectivity index (χ2n) is 4.06. The topological polar surface area (TPSA) is 44.5 Å². The average Bonchev–Trinajstić information content (AvgIpc) is 2.75. The van der Waals surface area contributed by atoms with E-state index in [1.165, 1.54) is 5.56 Å². The number of hydrogen-bond acceptors (Lipinski definition) is 3. The molecule has 1 heterocycles. The van der Waals surface area contributed by atoms with Gasteiger partial charge in [-0.15, -0.1) is 0 Å². The van der Waals surface area contributed by atoms with Gasteiger partial charge in [-0.25, -0.2) is 0 Å². The smallest absolute Gasteiger partial charge is 0.253 e. The molecule has 0 aromatic heterocycles. The minimum Gasteiger partial charge on any atom is -0.456 e. The van der Waals surface area contributed by atoms with E-state index in [0.717, 1.165) is 6.42 Å². The maximum atomic E-state index is 5.66. The Morgan fingerprint density at radius 3 is 2.38 bits per heavy atom. The molecule has 0 fully saturated rings. The molecule has 3 heteroatoms. The molecule has 0 spiro atoms. The molecule has 0 amide bonds. The van der Waals surface area contributed by atoms with Gasteiger partial charge in [0.25, 0.3) is 5.79 Å². The van der Waals surface area contributed by atoms with Gasteiger partial charge in [0.2, 0.25) is 0 Å². The normalized spacial score (nSPS) is 18.9. The largest absolute Gasteiger partial charge is 0.456 e. The van der Waals surface area contributed by atoms with Crippen molar-refractivity contribution in [1.82, 2.24) is 0 Å².